The molecule has 19 heavy (non-hydrogen) atoms. The van der Waals surface area contributed by atoms with Gasteiger partial charge in [0, 0.05) is 18.5 Å². The van der Waals surface area contributed by atoms with E-state index < -0.39 is 0 Å². The summed E-state index contributed by atoms with van der Waals surface area (Å²) in [6, 6.07) is 3.81. The predicted octanol–water partition coefficient (Wildman–Crippen LogP) is 0.739. The second-order valence-corrected chi connectivity index (χ2v) is 4.90. The Kier molecular flexibility index (Phi) is 2.67. The van der Waals surface area contributed by atoms with Gasteiger partial charge in [-0.1, -0.05) is 0 Å². The molecule has 2 heterocycles. The van der Waals surface area contributed by atoms with Crippen LogP contribution in [0.4, 0.5) is 5.69 Å². The van der Waals surface area contributed by atoms with Crippen LogP contribution >= 0.6 is 0 Å². The van der Waals surface area contributed by atoms with E-state index in [4.69, 9.17) is 10.5 Å². The quantitative estimate of drug-likeness (QED) is 0.864. The lowest BCUT2D eigenvalue weighted by Gasteiger charge is -2.27. The van der Waals surface area contributed by atoms with Crippen LogP contribution in [-0.2, 0) is 11.3 Å². The number of ether oxygens (including phenoxy) is 1. The minimum Gasteiger partial charge on any atom is -0.481 e. The van der Waals surface area contributed by atoms with Crippen LogP contribution in [-0.4, -0.2) is 35.4 Å². The highest BCUT2D eigenvalue weighted by Crippen LogP contribution is 2.38. The van der Waals surface area contributed by atoms with E-state index in [0.29, 0.717) is 12.3 Å². The zero-order valence-electron chi connectivity index (χ0n) is 11.0. The fourth-order valence-corrected chi connectivity index (χ4v) is 2.35. The molecule has 0 bridgehead atoms. The summed E-state index contributed by atoms with van der Waals surface area (Å²) in [6.07, 6.45) is 1.78. The average Bonchev–Trinajstić information content (AvgIpc) is 2.76. The van der Waals surface area contributed by atoms with Crippen molar-refractivity contribution in [1.29, 1.82) is 0 Å². The molecule has 0 radical (unpaired) electrons. The summed E-state index contributed by atoms with van der Waals surface area (Å²) >= 11 is 0. The number of carbonyl (C=O) groups excluding carboxylic acids is 1. The fraction of sp³-hybridized carbons (Fsp3) is 0.385. The first-order valence-electron chi connectivity index (χ1n) is 6.21. The van der Waals surface area contributed by atoms with Gasteiger partial charge in [0.15, 0.2) is 6.61 Å². The second kappa shape index (κ2) is 4.24. The van der Waals surface area contributed by atoms with Crippen molar-refractivity contribution in [2.24, 2.45) is 5.73 Å². The Morgan fingerprint density at radius 3 is 3.05 bits per heavy atom. The first-order valence-corrected chi connectivity index (χ1v) is 6.21. The van der Waals surface area contributed by atoms with Gasteiger partial charge >= 0.3 is 0 Å². The Hall–Kier alpha value is -2.08. The van der Waals surface area contributed by atoms with Crippen molar-refractivity contribution in [2.75, 3.05) is 18.6 Å². The molecule has 0 aliphatic carbocycles. The van der Waals surface area contributed by atoms with Gasteiger partial charge in [-0.15, -0.1) is 0 Å². The third kappa shape index (κ3) is 1.84. The van der Waals surface area contributed by atoms with Gasteiger partial charge in [-0.25, -0.2) is 0 Å². The number of hydrogen-bond acceptors (Lipinski definition) is 4. The van der Waals surface area contributed by atoms with Crippen molar-refractivity contribution >= 4 is 22.5 Å². The second-order valence-electron chi connectivity index (χ2n) is 4.90. The Labute approximate surface area is 110 Å². The van der Waals surface area contributed by atoms with Crippen LogP contribution < -0.4 is 15.4 Å². The van der Waals surface area contributed by atoms with Gasteiger partial charge in [0.05, 0.1) is 18.3 Å². The Bertz CT molecular complexity index is 647. The molecule has 0 fully saturated rings. The van der Waals surface area contributed by atoms with Crippen LogP contribution in [0.15, 0.2) is 18.3 Å². The molecule has 0 spiro atoms. The molecular formula is C13H16N4O2. The van der Waals surface area contributed by atoms with Crippen molar-refractivity contribution in [2.45, 2.75) is 19.5 Å². The number of fused-ring (bicyclic) bond motifs is 3. The highest BCUT2D eigenvalue weighted by Gasteiger charge is 2.26. The van der Waals surface area contributed by atoms with Gasteiger partial charge in [0.1, 0.15) is 11.4 Å². The average molecular weight is 260 g/mol. The van der Waals surface area contributed by atoms with E-state index in [2.05, 4.69) is 5.10 Å². The van der Waals surface area contributed by atoms with Crippen LogP contribution in [0.1, 0.15) is 6.92 Å². The molecule has 1 aromatic heterocycles. The summed E-state index contributed by atoms with van der Waals surface area (Å²) in [5, 5.41) is 5.32. The lowest BCUT2D eigenvalue weighted by Crippen LogP contribution is -2.36. The summed E-state index contributed by atoms with van der Waals surface area (Å²) in [7, 11) is 1.76. The molecule has 1 aromatic carbocycles. The van der Waals surface area contributed by atoms with E-state index in [-0.39, 0.29) is 18.6 Å². The molecule has 1 unspecified atom stereocenters. The first-order chi connectivity index (χ1) is 9.08. The van der Waals surface area contributed by atoms with Gasteiger partial charge in [0.25, 0.3) is 5.91 Å². The minimum atomic E-state index is -0.0615. The number of carbonyl (C=O) groups is 1. The lowest BCUT2D eigenvalue weighted by atomic mass is 10.1. The molecule has 1 aliphatic heterocycles. The van der Waals surface area contributed by atoms with Crippen LogP contribution in [0.25, 0.3) is 10.9 Å². The zero-order chi connectivity index (χ0) is 13.6. The molecular weight excluding hydrogens is 244 g/mol. The zero-order valence-corrected chi connectivity index (χ0v) is 11.0. The number of benzene rings is 1. The molecule has 6 nitrogen and oxygen atoms in total. The van der Waals surface area contributed by atoms with E-state index in [0.717, 1.165) is 16.6 Å². The number of amides is 1. The van der Waals surface area contributed by atoms with Crippen molar-refractivity contribution in [3.8, 4) is 5.75 Å². The SMILES string of the molecule is CC(N)Cn1ncc2ccc3c(c21)N(C)C(=O)CO3. The molecule has 1 atom stereocenters. The number of nitrogens with two attached hydrogens (primary N) is 1. The van der Waals surface area contributed by atoms with Gasteiger partial charge < -0.3 is 15.4 Å². The Morgan fingerprint density at radius 2 is 2.32 bits per heavy atom. The number of hydrogen-bond donors (Lipinski definition) is 1. The van der Waals surface area contributed by atoms with Crippen molar-refractivity contribution in [3.63, 3.8) is 0 Å². The third-order valence-corrected chi connectivity index (χ3v) is 3.26. The highest BCUT2D eigenvalue weighted by atomic mass is 16.5. The highest BCUT2D eigenvalue weighted by molar-refractivity contribution is 6.06. The van der Waals surface area contributed by atoms with Gasteiger partial charge in [-0.05, 0) is 19.1 Å². The molecule has 0 saturated carbocycles. The standard InChI is InChI=1S/C13H16N4O2/c1-8(14)6-17-12-9(5-15-17)3-4-10-13(12)16(2)11(18)7-19-10/h3-5,8H,6-7,14H2,1-2H3. The van der Waals surface area contributed by atoms with E-state index in [9.17, 15) is 4.79 Å². The predicted molar refractivity (Wildman–Crippen MR) is 72.3 cm³/mol. The number of rotatable bonds is 2. The number of anilines is 1. The third-order valence-electron chi connectivity index (χ3n) is 3.26. The summed E-state index contributed by atoms with van der Waals surface area (Å²) in [4.78, 5) is 13.4. The topological polar surface area (TPSA) is 73.4 Å². The normalized spacial score (nSPS) is 16.4. The number of aromatic nitrogens is 2. The van der Waals surface area contributed by atoms with E-state index in [1.807, 2.05) is 23.7 Å². The van der Waals surface area contributed by atoms with E-state index >= 15 is 0 Å². The molecule has 2 aromatic rings. The van der Waals surface area contributed by atoms with Crippen molar-refractivity contribution < 1.29 is 9.53 Å². The van der Waals surface area contributed by atoms with Crippen LogP contribution in [0.5, 0.6) is 5.75 Å². The van der Waals surface area contributed by atoms with Crippen LogP contribution in [0, 0.1) is 0 Å². The smallest absolute Gasteiger partial charge is 0.264 e. The van der Waals surface area contributed by atoms with Crippen LogP contribution in [0.2, 0.25) is 0 Å². The van der Waals surface area contributed by atoms with Gasteiger partial charge in [0.2, 0.25) is 0 Å². The number of nitrogens with zero attached hydrogens (tertiary/aromatic N) is 3. The molecule has 100 valence electrons. The molecule has 1 amide bonds. The summed E-state index contributed by atoms with van der Waals surface area (Å²) in [5.74, 6) is 0.648. The maximum absolute atomic E-state index is 11.8. The molecule has 0 saturated heterocycles. The maximum Gasteiger partial charge on any atom is 0.264 e. The maximum atomic E-state index is 11.8. The summed E-state index contributed by atoms with van der Waals surface area (Å²) in [5.41, 5.74) is 7.50. The molecule has 1 aliphatic rings. The van der Waals surface area contributed by atoms with Crippen LogP contribution in [0.3, 0.4) is 0 Å². The lowest BCUT2D eigenvalue weighted by molar-refractivity contribution is -0.120. The summed E-state index contributed by atoms with van der Waals surface area (Å²) < 4.78 is 7.31. The monoisotopic (exact) mass is 260 g/mol. The van der Waals surface area contributed by atoms with Gasteiger partial charge in [-0.2, -0.15) is 5.10 Å². The Balaban J connectivity index is 2.24. The first kappa shape index (κ1) is 12.0. The largest absolute Gasteiger partial charge is 0.481 e. The minimum absolute atomic E-state index is 0.00975. The van der Waals surface area contributed by atoms with Crippen molar-refractivity contribution in [1.82, 2.24) is 9.78 Å². The Morgan fingerprint density at radius 1 is 1.53 bits per heavy atom. The van der Waals surface area contributed by atoms with Gasteiger partial charge in [-0.3, -0.25) is 9.48 Å². The van der Waals surface area contributed by atoms with E-state index in [1.165, 1.54) is 0 Å². The van der Waals surface area contributed by atoms with Crippen molar-refractivity contribution in [3.05, 3.63) is 18.3 Å². The fourth-order valence-electron chi connectivity index (χ4n) is 2.35. The molecule has 6 heteroatoms. The summed E-state index contributed by atoms with van der Waals surface area (Å²) in [6.45, 7) is 2.60. The molecule has 3 rings (SSSR count). The number of likely N-dealkylation sites (N-methyl/N-ethyl adjacent to an activating group) is 1. The molecule has 2 N–H and O–H groups in total. The van der Waals surface area contributed by atoms with E-state index in [1.54, 1.807) is 18.1 Å².